The van der Waals surface area contributed by atoms with Gasteiger partial charge in [-0.3, -0.25) is 4.90 Å². The van der Waals surface area contributed by atoms with E-state index in [0.29, 0.717) is 12.3 Å². The van der Waals surface area contributed by atoms with Crippen molar-refractivity contribution in [1.82, 2.24) is 5.32 Å². The molecule has 2 amide bonds. The number of urea groups is 1. The standard InChI is InChI=1S/C12H13N3O2/c13-5-8-17-11-4-1-3-10(9-11)15-7-2-6-14-12(15)16/h1,3-4,9H,2,6-8H2,(H,14,16). The maximum atomic E-state index is 11.6. The van der Waals surface area contributed by atoms with E-state index in [-0.39, 0.29) is 12.6 Å². The molecule has 0 atom stereocenters. The second-order valence-electron chi connectivity index (χ2n) is 3.68. The molecule has 5 heteroatoms. The third kappa shape index (κ3) is 2.67. The highest BCUT2D eigenvalue weighted by molar-refractivity contribution is 5.92. The van der Waals surface area contributed by atoms with Crippen molar-refractivity contribution >= 4 is 11.7 Å². The van der Waals surface area contributed by atoms with Crippen molar-refractivity contribution < 1.29 is 9.53 Å². The molecule has 0 saturated carbocycles. The predicted octanol–water partition coefficient (Wildman–Crippen LogP) is 1.51. The Morgan fingerprint density at radius 3 is 3.18 bits per heavy atom. The SMILES string of the molecule is N#CCOc1cccc(N2CCCNC2=O)c1. The maximum Gasteiger partial charge on any atom is 0.321 e. The van der Waals surface area contributed by atoms with E-state index in [9.17, 15) is 4.79 Å². The van der Waals surface area contributed by atoms with Crippen LogP contribution in [0.15, 0.2) is 24.3 Å². The molecule has 17 heavy (non-hydrogen) atoms. The van der Waals surface area contributed by atoms with Gasteiger partial charge in [-0.15, -0.1) is 0 Å². The molecule has 0 spiro atoms. The Morgan fingerprint density at radius 2 is 2.41 bits per heavy atom. The highest BCUT2D eigenvalue weighted by Crippen LogP contribution is 2.22. The number of amides is 2. The highest BCUT2D eigenvalue weighted by atomic mass is 16.5. The van der Waals surface area contributed by atoms with Crippen LogP contribution in [0.4, 0.5) is 10.5 Å². The van der Waals surface area contributed by atoms with E-state index < -0.39 is 0 Å². The Kier molecular flexibility index (Phi) is 3.46. The minimum absolute atomic E-state index is 0.00957. The Labute approximate surface area is 99.6 Å². The van der Waals surface area contributed by atoms with E-state index in [1.165, 1.54) is 0 Å². The quantitative estimate of drug-likeness (QED) is 0.857. The molecular weight excluding hydrogens is 218 g/mol. The lowest BCUT2D eigenvalue weighted by atomic mass is 10.2. The molecule has 1 aromatic carbocycles. The fourth-order valence-corrected chi connectivity index (χ4v) is 1.73. The lowest BCUT2D eigenvalue weighted by Crippen LogP contribution is -2.46. The summed E-state index contributed by atoms with van der Waals surface area (Å²) in [6, 6.07) is 9.01. The fourth-order valence-electron chi connectivity index (χ4n) is 1.73. The summed E-state index contributed by atoms with van der Waals surface area (Å²) in [5, 5.41) is 11.2. The van der Waals surface area contributed by atoms with E-state index in [1.807, 2.05) is 18.2 Å². The summed E-state index contributed by atoms with van der Waals surface area (Å²) in [5.41, 5.74) is 0.789. The van der Waals surface area contributed by atoms with Crippen LogP contribution in [0.2, 0.25) is 0 Å². The molecule has 1 fully saturated rings. The Hall–Kier alpha value is -2.22. The van der Waals surface area contributed by atoms with Gasteiger partial charge in [0.05, 0.1) is 0 Å². The molecule has 5 nitrogen and oxygen atoms in total. The van der Waals surface area contributed by atoms with Crippen molar-refractivity contribution in [2.75, 3.05) is 24.6 Å². The van der Waals surface area contributed by atoms with Gasteiger partial charge in [0.2, 0.25) is 0 Å². The number of ether oxygens (including phenoxy) is 1. The zero-order valence-electron chi connectivity index (χ0n) is 9.35. The summed E-state index contributed by atoms with van der Waals surface area (Å²) in [6.07, 6.45) is 0.926. The van der Waals surface area contributed by atoms with Gasteiger partial charge in [-0.2, -0.15) is 5.26 Å². The van der Waals surface area contributed by atoms with Crippen LogP contribution in [0, 0.1) is 11.3 Å². The van der Waals surface area contributed by atoms with Crippen molar-refractivity contribution in [1.29, 1.82) is 5.26 Å². The van der Waals surface area contributed by atoms with E-state index in [1.54, 1.807) is 17.0 Å². The number of nitrogens with one attached hydrogen (secondary N) is 1. The fraction of sp³-hybridized carbons (Fsp3) is 0.333. The molecule has 1 heterocycles. The number of carbonyl (C=O) groups is 1. The summed E-state index contributed by atoms with van der Waals surface area (Å²) >= 11 is 0. The Morgan fingerprint density at radius 1 is 1.53 bits per heavy atom. The molecule has 88 valence electrons. The summed E-state index contributed by atoms with van der Waals surface area (Å²) < 4.78 is 5.20. The van der Waals surface area contributed by atoms with Crippen molar-refractivity contribution in [2.45, 2.75) is 6.42 Å². The van der Waals surface area contributed by atoms with Crippen LogP contribution >= 0.6 is 0 Å². The first kappa shape index (κ1) is 11.3. The van der Waals surface area contributed by atoms with Gasteiger partial charge in [0.15, 0.2) is 6.61 Å². The van der Waals surface area contributed by atoms with Gasteiger partial charge in [0.25, 0.3) is 0 Å². The van der Waals surface area contributed by atoms with Gasteiger partial charge in [0.1, 0.15) is 11.8 Å². The number of benzene rings is 1. The normalized spacial score (nSPS) is 15.0. The van der Waals surface area contributed by atoms with Crippen LogP contribution in [0.3, 0.4) is 0 Å². The third-order valence-electron chi connectivity index (χ3n) is 2.51. The van der Waals surface area contributed by atoms with Gasteiger partial charge in [-0.1, -0.05) is 6.07 Å². The number of nitriles is 1. The number of carbonyl (C=O) groups excluding carboxylic acids is 1. The van der Waals surface area contributed by atoms with Crippen molar-refractivity contribution in [3.8, 4) is 11.8 Å². The summed E-state index contributed by atoms with van der Waals surface area (Å²) in [5.74, 6) is 0.599. The lowest BCUT2D eigenvalue weighted by molar-refractivity contribution is 0.243. The molecule has 1 saturated heterocycles. The first-order valence-corrected chi connectivity index (χ1v) is 5.46. The minimum atomic E-state index is -0.0892. The van der Waals surface area contributed by atoms with Crippen molar-refractivity contribution in [2.24, 2.45) is 0 Å². The molecule has 0 aliphatic carbocycles. The molecule has 1 aliphatic heterocycles. The first-order valence-electron chi connectivity index (χ1n) is 5.46. The number of nitrogens with zero attached hydrogens (tertiary/aromatic N) is 2. The van der Waals surface area contributed by atoms with E-state index in [2.05, 4.69) is 5.32 Å². The summed E-state index contributed by atoms with van der Waals surface area (Å²) in [4.78, 5) is 13.3. The second-order valence-corrected chi connectivity index (χ2v) is 3.68. The molecule has 1 N–H and O–H groups in total. The van der Waals surface area contributed by atoms with Crippen molar-refractivity contribution in [3.63, 3.8) is 0 Å². The van der Waals surface area contributed by atoms with Crippen LogP contribution < -0.4 is 15.0 Å². The number of rotatable bonds is 3. The number of anilines is 1. The van der Waals surface area contributed by atoms with Crippen LogP contribution in [0.1, 0.15) is 6.42 Å². The second kappa shape index (κ2) is 5.21. The predicted molar refractivity (Wildman–Crippen MR) is 62.9 cm³/mol. The minimum Gasteiger partial charge on any atom is -0.479 e. The zero-order valence-corrected chi connectivity index (χ0v) is 9.35. The average molecular weight is 231 g/mol. The van der Waals surface area contributed by atoms with Crippen LogP contribution in [0.25, 0.3) is 0 Å². The van der Waals surface area contributed by atoms with E-state index >= 15 is 0 Å². The molecule has 1 aromatic rings. The van der Waals surface area contributed by atoms with E-state index in [4.69, 9.17) is 10.00 Å². The van der Waals surface area contributed by atoms with Gasteiger partial charge >= 0.3 is 6.03 Å². The largest absolute Gasteiger partial charge is 0.479 e. The summed E-state index contributed by atoms with van der Waals surface area (Å²) in [6.45, 7) is 1.43. The first-order chi connectivity index (χ1) is 8.31. The number of hydrogen-bond donors (Lipinski definition) is 1. The molecule has 0 bridgehead atoms. The smallest absolute Gasteiger partial charge is 0.321 e. The third-order valence-corrected chi connectivity index (χ3v) is 2.51. The highest BCUT2D eigenvalue weighted by Gasteiger charge is 2.19. The topological polar surface area (TPSA) is 65.4 Å². The molecule has 0 unspecified atom stereocenters. The Balaban J connectivity index is 2.14. The van der Waals surface area contributed by atoms with Gasteiger partial charge in [0, 0.05) is 24.8 Å². The zero-order chi connectivity index (χ0) is 12.1. The van der Waals surface area contributed by atoms with Crippen LogP contribution in [-0.4, -0.2) is 25.7 Å². The number of hydrogen-bond acceptors (Lipinski definition) is 3. The lowest BCUT2D eigenvalue weighted by Gasteiger charge is -2.27. The van der Waals surface area contributed by atoms with Gasteiger partial charge in [-0.25, -0.2) is 4.79 Å². The molecule has 0 aromatic heterocycles. The van der Waals surface area contributed by atoms with Crippen LogP contribution in [-0.2, 0) is 0 Å². The maximum absolute atomic E-state index is 11.6. The van der Waals surface area contributed by atoms with Crippen molar-refractivity contribution in [3.05, 3.63) is 24.3 Å². The van der Waals surface area contributed by atoms with Gasteiger partial charge < -0.3 is 10.1 Å². The van der Waals surface area contributed by atoms with Crippen LogP contribution in [0.5, 0.6) is 5.75 Å². The average Bonchev–Trinajstić information content (AvgIpc) is 2.37. The monoisotopic (exact) mass is 231 g/mol. The molecule has 0 radical (unpaired) electrons. The molecular formula is C12H13N3O2. The molecule has 2 rings (SSSR count). The molecule has 1 aliphatic rings. The Bertz CT molecular complexity index is 453. The van der Waals surface area contributed by atoms with Gasteiger partial charge in [-0.05, 0) is 18.6 Å². The van der Waals surface area contributed by atoms with E-state index in [0.717, 1.165) is 18.7 Å². The summed E-state index contributed by atoms with van der Waals surface area (Å²) in [7, 11) is 0.